The number of fused-ring (bicyclic) bond motifs is 1. The van der Waals surface area contributed by atoms with Crippen molar-refractivity contribution in [2.45, 2.75) is 25.9 Å². The number of Topliss-reactive ketones (excluding diaryl/α,β-unsaturated/α-hetero) is 1. The molecule has 0 bridgehead atoms. The molecule has 0 fully saturated rings. The molecule has 1 N–H and O–H groups in total. The zero-order chi connectivity index (χ0) is 17.4. The van der Waals surface area contributed by atoms with Crippen molar-refractivity contribution in [2.24, 2.45) is 7.05 Å². The normalized spacial score (nSPS) is 17.4. The van der Waals surface area contributed by atoms with E-state index in [2.05, 4.69) is 24.4 Å². The molecule has 0 spiro atoms. The third-order valence-electron chi connectivity index (χ3n) is 4.92. The number of aryl methyl sites for hydroxylation is 1. The second kappa shape index (κ2) is 6.29. The van der Waals surface area contributed by atoms with Crippen molar-refractivity contribution in [1.29, 1.82) is 0 Å². The number of benzene rings is 1. The fourth-order valence-corrected chi connectivity index (χ4v) is 3.49. The molecule has 0 saturated carbocycles. The average molecular weight is 335 g/mol. The first kappa shape index (κ1) is 15.8. The number of imidazole rings is 2. The Balaban J connectivity index is 1.71. The van der Waals surface area contributed by atoms with E-state index in [-0.39, 0.29) is 11.8 Å². The number of rotatable bonds is 4. The monoisotopic (exact) mass is 335 g/mol. The smallest absolute Gasteiger partial charge is 0.159 e. The highest BCUT2D eigenvalue weighted by atomic mass is 16.1. The van der Waals surface area contributed by atoms with E-state index >= 15 is 0 Å². The number of aromatic amines is 1. The van der Waals surface area contributed by atoms with Gasteiger partial charge in [0, 0.05) is 43.7 Å². The molecule has 128 valence electrons. The van der Waals surface area contributed by atoms with Gasteiger partial charge in [0.05, 0.1) is 24.6 Å². The number of aromatic nitrogens is 4. The highest BCUT2D eigenvalue weighted by Gasteiger charge is 2.31. The number of nitrogens with zero attached hydrogens (tertiary/aromatic N) is 4. The summed E-state index contributed by atoms with van der Waals surface area (Å²) in [6, 6.07) is 7.94. The number of H-pyrrole nitrogens is 1. The number of ketones is 1. The Morgan fingerprint density at radius 1 is 1.28 bits per heavy atom. The van der Waals surface area contributed by atoms with Crippen LogP contribution in [-0.4, -0.2) is 36.7 Å². The predicted octanol–water partition coefficient (Wildman–Crippen LogP) is 2.49. The van der Waals surface area contributed by atoms with E-state index in [0.717, 1.165) is 42.2 Å². The van der Waals surface area contributed by atoms with Crippen molar-refractivity contribution in [3.8, 4) is 0 Å². The fraction of sp³-hybridized carbons (Fsp3) is 0.316. The van der Waals surface area contributed by atoms with Gasteiger partial charge in [0.25, 0.3) is 0 Å². The molecule has 1 aromatic carbocycles. The standard InChI is InChI=1S/C19H21N5O/c1-13(25)14-3-5-15(6-4-14)19-18-16(21-12-22-18)7-9-24(19)11-17-20-8-10-23(17)2/h3-6,8,10,12,19H,7,9,11H2,1-2H3,(H,21,22)/t19-/m0/s1. The van der Waals surface area contributed by atoms with Crippen molar-refractivity contribution >= 4 is 5.78 Å². The van der Waals surface area contributed by atoms with Crippen LogP contribution < -0.4 is 0 Å². The van der Waals surface area contributed by atoms with E-state index in [9.17, 15) is 4.79 Å². The quantitative estimate of drug-likeness (QED) is 0.744. The molecule has 0 radical (unpaired) electrons. The molecule has 4 rings (SSSR count). The summed E-state index contributed by atoms with van der Waals surface area (Å²) in [7, 11) is 2.02. The van der Waals surface area contributed by atoms with Gasteiger partial charge >= 0.3 is 0 Å². The van der Waals surface area contributed by atoms with E-state index < -0.39 is 0 Å². The van der Waals surface area contributed by atoms with Crippen LogP contribution in [0.15, 0.2) is 43.0 Å². The molecular weight excluding hydrogens is 314 g/mol. The van der Waals surface area contributed by atoms with Crippen LogP contribution in [0, 0.1) is 0 Å². The first-order valence-corrected chi connectivity index (χ1v) is 8.47. The molecule has 1 aliphatic heterocycles. The SMILES string of the molecule is CC(=O)c1ccc([C@H]2c3nc[nH]c3CCN2Cc2nccn2C)cc1. The van der Waals surface area contributed by atoms with Gasteiger partial charge in [0.15, 0.2) is 5.78 Å². The third kappa shape index (κ3) is 2.89. The largest absolute Gasteiger partial charge is 0.348 e. The minimum atomic E-state index is 0.0627. The van der Waals surface area contributed by atoms with Crippen LogP contribution in [0.4, 0.5) is 0 Å². The first-order chi connectivity index (χ1) is 12.1. The van der Waals surface area contributed by atoms with Crippen molar-refractivity contribution in [3.05, 3.63) is 71.3 Å². The summed E-state index contributed by atoms with van der Waals surface area (Å²) in [5.74, 6) is 1.12. The minimum absolute atomic E-state index is 0.0627. The summed E-state index contributed by atoms with van der Waals surface area (Å²) >= 11 is 0. The maximum Gasteiger partial charge on any atom is 0.159 e. The molecule has 3 heterocycles. The van der Waals surface area contributed by atoms with Crippen molar-refractivity contribution in [2.75, 3.05) is 6.54 Å². The third-order valence-corrected chi connectivity index (χ3v) is 4.92. The van der Waals surface area contributed by atoms with E-state index in [1.165, 1.54) is 5.69 Å². The first-order valence-electron chi connectivity index (χ1n) is 8.47. The van der Waals surface area contributed by atoms with Crippen LogP contribution in [0.2, 0.25) is 0 Å². The number of hydrogen-bond donors (Lipinski definition) is 1. The van der Waals surface area contributed by atoms with E-state index in [0.29, 0.717) is 0 Å². The van der Waals surface area contributed by atoms with Gasteiger partial charge in [-0.05, 0) is 12.5 Å². The molecule has 0 amide bonds. The Morgan fingerprint density at radius 3 is 2.76 bits per heavy atom. The maximum absolute atomic E-state index is 11.6. The number of nitrogens with one attached hydrogen (secondary N) is 1. The van der Waals surface area contributed by atoms with Gasteiger partial charge in [-0.2, -0.15) is 0 Å². The molecule has 0 aliphatic carbocycles. The summed E-state index contributed by atoms with van der Waals surface area (Å²) in [5, 5.41) is 0. The predicted molar refractivity (Wildman–Crippen MR) is 94.2 cm³/mol. The van der Waals surface area contributed by atoms with Gasteiger partial charge in [-0.25, -0.2) is 9.97 Å². The van der Waals surface area contributed by atoms with E-state index in [4.69, 9.17) is 0 Å². The van der Waals surface area contributed by atoms with Gasteiger partial charge < -0.3 is 9.55 Å². The number of hydrogen-bond acceptors (Lipinski definition) is 4. The van der Waals surface area contributed by atoms with Gasteiger partial charge in [-0.15, -0.1) is 0 Å². The van der Waals surface area contributed by atoms with Crippen LogP contribution in [0.5, 0.6) is 0 Å². The second-order valence-electron chi connectivity index (χ2n) is 6.52. The lowest BCUT2D eigenvalue weighted by molar-refractivity contribution is 0.101. The van der Waals surface area contributed by atoms with Gasteiger partial charge in [-0.1, -0.05) is 24.3 Å². The van der Waals surface area contributed by atoms with Gasteiger partial charge in [-0.3, -0.25) is 9.69 Å². The summed E-state index contributed by atoms with van der Waals surface area (Å²) in [6.45, 7) is 3.28. The molecule has 3 aromatic rings. The van der Waals surface area contributed by atoms with Crippen molar-refractivity contribution < 1.29 is 4.79 Å². The summed E-state index contributed by atoms with van der Waals surface area (Å²) in [5.41, 5.74) is 4.14. The number of carbonyl (C=O) groups excluding carboxylic acids is 1. The average Bonchev–Trinajstić information content (AvgIpc) is 3.24. The Hall–Kier alpha value is -2.73. The molecule has 25 heavy (non-hydrogen) atoms. The molecule has 0 unspecified atom stereocenters. The molecule has 6 nitrogen and oxygen atoms in total. The van der Waals surface area contributed by atoms with Crippen molar-refractivity contribution in [3.63, 3.8) is 0 Å². The summed E-state index contributed by atoms with van der Waals surface area (Å²) in [6.07, 6.45) is 6.51. The Kier molecular flexibility index (Phi) is 3.97. The van der Waals surface area contributed by atoms with Crippen molar-refractivity contribution in [1.82, 2.24) is 24.4 Å². The van der Waals surface area contributed by atoms with Gasteiger partial charge in [0.2, 0.25) is 0 Å². The topological polar surface area (TPSA) is 66.8 Å². The minimum Gasteiger partial charge on any atom is -0.348 e. The lowest BCUT2D eigenvalue weighted by Gasteiger charge is -2.35. The van der Waals surface area contributed by atoms with E-state index in [1.54, 1.807) is 13.3 Å². The highest BCUT2D eigenvalue weighted by molar-refractivity contribution is 5.94. The molecular formula is C19H21N5O. The molecule has 6 heteroatoms. The van der Waals surface area contributed by atoms with Crippen LogP contribution in [-0.2, 0) is 20.0 Å². The van der Waals surface area contributed by atoms with Crippen LogP contribution in [0.25, 0.3) is 0 Å². The number of carbonyl (C=O) groups is 1. The molecule has 2 aromatic heterocycles. The molecule has 0 saturated heterocycles. The van der Waals surface area contributed by atoms with Gasteiger partial charge in [0.1, 0.15) is 5.82 Å². The second-order valence-corrected chi connectivity index (χ2v) is 6.52. The molecule has 1 atom stereocenters. The Morgan fingerprint density at radius 2 is 2.08 bits per heavy atom. The highest BCUT2D eigenvalue weighted by Crippen LogP contribution is 2.34. The van der Waals surface area contributed by atoms with Crippen LogP contribution >= 0.6 is 0 Å². The lowest BCUT2D eigenvalue weighted by Crippen LogP contribution is -2.36. The summed E-state index contributed by atoms with van der Waals surface area (Å²) in [4.78, 5) is 26.3. The maximum atomic E-state index is 11.6. The summed E-state index contributed by atoms with van der Waals surface area (Å²) < 4.78 is 2.05. The van der Waals surface area contributed by atoms with Crippen LogP contribution in [0.3, 0.4) is 0 Å². The van der Waals surface area contributed by atoms with Crippen LogP contribution in [0.1, 0.15) is 46.1 Å². The fourth-order valence-electron chi connectivity index (χ4n) is 3.49. The zero-order valence-electron chi connectivity index (χ0n) is 14.4. The molecule has 1 aliphatic rings. The lowest BCUT2D eigenvalue weighted by atomic mass is 9.94. The Bertz CT molecular complexity index is 893. The zero-order valence-corrected chi connectivity index (χ0v) is 14.4. The van der Waals surface area contributed by atoms with E-state index in [1.807, 2.05) is 43.7 Å². The Labute approximate surface area is 146 Å².